The second-order valence-corrected chi connectivity index (χ2v) is 7.83. The van der Waals surface area contributed by atoms with E-state index in [1.807, 2.05) is 31.2 Å². The van der Waals surface area contributed by atoms with Gasteiger partial charge in [-0.1, -0.05) is 17.7 Å². The summed E-state index contributed by atoms with van der Waals surface area (Å²) < 4.78 is 11.4. The number of hydrogen-bond donors (Lipinski definition) is 2. The number of nitrogens with zero attached hydrogens (tertiary/aromatic N) is 1. The van der Waals surface area contributed by atoms with Crippen molar-refractivity contribution in [2.45, 2.75) is 31.0 Å². The first kappa shape index (κ1) is 21.4. The van der Waals surface area contributed by atoms with Crippen LogP contribution in [0.3, 0.4) is 0 Å². The molecule has 8 nitrogen and oxygen atoms in total. The van der Waals surface area contributed by atoms with Crippen molar-refractivity contribution in [1.29, 1.82) is 0 Å². The summed E-state index contributed by atoms with van der Waals surface area (Å²) in [5.74, 6) is -0.709. The number of rotatable bonds is 7. The maximum absolute atomic E-state index is 12.6. The summed E-state index contributed by atoms with van der Waals surface area (Å²) in [7, 11) is 0. The number of thioether (sulfide) groups is 1. The Balaban J connectivity index is 1.69. The molecule has 0 bridgehead atoms. The third-order valence-electron chi connectivity index (χ3n) is 4.22. The number of aromatic amines is 1. The lowest BCUT2D eigenvalue weighted by molar-refractivity contribution is -0.704. The number of esters is 1. The zero-order valence-corrected chi connectivity index (χ0v) is 17.6. The van der Waals surface area contributed by atoms with Gasteiger partial charge >= 0.3 is 16.6 Å². The highest BCUT2D eigenvalue weighted by Crippen LogP contribution is 2.20. The Morgan fingerprint density at radius 1 is 1.17 bits per heavy atom. The van der Waals surface area contributed by atoms with E-state index >= 15 is 0 Å². The minimum atomic E-state index is -0.579. The lowest BCUT2D eigenvalue weighted by Crippen LogP contribution is -2.37. The quantitative estimate of drug-likeness (QED) is 0.341. The van der Waals surface area contributed by atoms with Crippen molar-refractivity contribution < 1.29 is 23.5 Å². The Morgan fingerprint density at radius 2 is 1.83 bits per heavy atom. The normalized spacial score (nSPS) is 11.7. The topological polar surface area (TPSA) is 105 Å². The zero-order chi connectivity index (χ0) is 21.7. The minimum Gasteiger partial charge on any atom is -0.462 e. The highest BCUT2D eigenvalue weighted by atomic mass is 32.2. The molecule has 2 N–H and O–H groups in total. The van der Waals surface area contributed by atoms with Crippen molar-refractivity contribution >= 4 is 29.3 Å². The zero-order valence-electron chi connectivity index (χ0n) is 16.8. The molecule has 1 atom stereocenters. The van der Waals surface area contributed by atoms with Gasteiger partial charge in [0.05, 0.1) is 17.4 Å². The SMILES string of the molecule is CCOC(=O)c1ccc(NC(=O)C(C)Sc2c(=O)o[nH][n+]2-c2ccc(C)cc2)cc1. The van der Waals surface area contributed by atoms with Gasteiger partial charge in [0, 0.05) is 17.8 Å². The number of ether oxygens (including phenoxy) is 1. The van der Waals surface area contributed by atoms with Crippen LogP contribution in [0.5, 0.6) is 0 Å². The molecule has 2 aromatic carbocycles. The summed E-state index contributed by atoms with van der Waals surface area (Å²) in [5.41, 5.74) is 2.19. The van der Waals surface area contributed by atoms with Crippen molar-refractivity contribution in [3.05, 3.63) is 70.1 Å². The summed E-state index contributed by atoms with van der Waals surface area (Å²) in [6.07, 6.45) is 0. The number of carbonyl (C=O) groups is 2. The molecule has 0 aliphatic carbocycles. The second-order valence-electron chi connectivity index (χ2n) is 6.50. The number of nitrogens with one attached hydrogen (secondary N) is 2. The number of carbonyl (C=O) groups excluding carboxylic acids is 2. The number of benzene rings is 2. The van der Waals surface area contributed by atoms with E-state index in [9.17, 15) is 14.4 Å². The summed E-state index contributed by atoms with van der Waals surface area (Å²) in [6, 6.07) is 13.9. The molecule has 1 aromatic heterocycles. The fourth-order valence-electron chi connectivity index (χ4n) is 2.60. The molecular formula is C21H22N3O5S+. The number of amides is 1. The average molecular weight is 428 g/mol. The van der Waals surface area contributed by atoms with Gasteiger partial charge in [0.25, 0.3) is 0 Å². The second kappa shape index (κ2) is 9.45. The molecule has 3 aromatic rings. The van der Waals surface area contributed by atoms with E-state index in [0.717, 1.165) is 23.0 Å². The Labute approximate surface area is 177 Å². The van der Waals surface area contributed by atoms with Crippen molar-refractivity contribution in [1.82, 2.24) is 5.27 Å². The van der Waals surface area contributed by atoms with Gasteiger partial charge < -0.3 is 10.1 Å². The fraction of sp³-hybridized carbons (Fsp3) is 0.238. The molecule has 0 fully saturated rings. The van der Waals surface area contributed by atoms with Crippen molar-refractivity contribution in [3.8, 4) is 5.69 Å². The highest BCUT2D eigenvalue weighted by molar-refractivity contribution is 8.00. The Bertz CT molecular complexity index is 1090. The molecule has 1 heterocycles. The summed E-state index contributed by atoms with van der Waals surface area (Å²) in [5, 5.41) is 5.02. The van der Waals surface area contributed by atoms with Crippen molar-refractivity contribution in [2.24, 2.45) is 0 Å². The Morgan fingerprint density at radius 3 is 2.47 bits per heavy atom. The number of aromatic nitrogens is 2. The van der Waals surface area contributed by atoms with E-state index < -0.39 is 16.8 Å². The van der Waals surface area contributed by atoms with E-state index in [4.69, 9.17) is 9.26 Å². The van der Waals surface area contributed by atoms with Gasteiger partial charge in [0.15, 0.2) is 0 Å². The molecule has 0 saturated carbocycles. The third kappa shape index (κ3) is 4.98. The molecule has 0 aliphatic rings. The molecule has 1 unspecified atom stereocenters. The van der Waals surface area contributed by atoms with Gasteiger partial charge in [-0.3, -0.25) is 9.32 Å². The fourth-order valence-corrected chi connectivity index (χ4v) is 3.48. The molecule has 9 heteroatoms. The van der Waals surface area contributed by atoms with Crippen LogP contribution in [0.4, 0.5) is 5.69 Å². The molecule has 1 amide bonds. The Hall–Kier alpha value is -3.33. The van der Waals surface area contributed by atoms with Gasteiger partial charge in [-0.05, 0) is 66.8 Å². The van der Waals surface area contributed by atoms with Crippen LogP contribution < -0.4 is 15.6 Å². The largest absolute Gasteiger partial charge is 0.462 e. The van der Waals surface area contributed by atoms with Crippen molar-refractivity contribution in [3.63, 3.8) is 0 Å². The maximum atomic E-state index is 12.6. The van der Waals surface area contributed by atoms with Gasteiger partial charge in [-0.15, -0.1) is 0 Å². The summed E-state index contributed by atoms with van der Waals surface area (Å²) >= 11 is 1.08. The molecule has 156 valence electrons. The van der Waals surface area contributed by atoms with Crippen LogP contribution in [0.25, 0.3) is 5.69 Å². The van der Waals surface area contributed by atoms with Crippen LogP contribution in [0.1, 0.15) is 29.8 Å². The van der Waals surface area contributed by atoms with Gasteiger partial charge in [0.1, 0.15) is 0 Å². The Kier molecular flexibility index (Phi) is 6.73. The molecule has 0 aliphatic heterocycles. The van der Waals surface area contributed by atoms with Crippen LogP contribution in [0.15, 0.2) is 62.9 Å². The average Bonchev–Trinajstić information content (AvgIpc) is 3.09. The van der Waals surface area contributed by atoms with Gasteiger partial charge in [-0.25, -0.2) is 9.59 Å². The van der Waals surface area contributed by atoms with E-state index in [1.165, 1.54) is 4.68 Å². The minimum absolute atomic E-state index is 0.263. The maximum Gasteiger partial charge on any atom is 0.442 e. The monoisotopic (exact) mass is 428 g/mol. The van der Waals surface area contributed by atoms with Crippen LogP contribution >= 0.6 is 11.8 Å². The highest BCUT2D eigenvalue weighted by Gasteiger charge is 2.29. The molecule has 3 rings (SSSR count). The standard InChI is InChI=1S/C21H21N3O5S/c1-4-28-20(26)15-7-9-16(10-8-15)22-18(25)14(3)30-19-21(27)29-23-24(19)17-11-5-13(2)6-12-17/h5-12,14H,4H2,1-3H3,(H-,22,23,25,26,27)/p+1. The molecule has 0 radical (unpaired) electrons. The van der Waals surface area contributed by atoms with Crippen LogP contribution in [-0.4, -0.2) is 29.0 Å². The first-order valence-electron chi connectivity index (χ1n) is 9.34. The molecular weight excluding hydrogens is 406 g/mol. The molecule has 0 spiro atoms. The van der Waals surface area contributed by atoms with E-state index in [0.29, 0.717) is 17.9 Å². The molecule has 30 heavy (non-hydrogen) atoms. The van der Waals surface area contributed by atoms with E-state index in [1.54, 1.807) is 38.1 Å². The predicted molar refractivity (Wildman–Crippen MR) is 112 cm³/mol. The van der Waals surface area contributed by atoms with Crippen LogP contribution in [0, 0.1) is 6.92 Å². The number of anilines is 1. The molecule has 0 saturated heterocycles. The number of hydrogen-bond acceptors (Lipinski definition) is 6. The van der Waals surface area contributed by atoms with E-state index in [-0.39, 0.29) is 10.9 Å². The van der Waals surface area contributed by atoms with Gasteiger partial charge in [0.2, 0.25) is 11.6 Å². The summed E-state index contributed by atoms with van der Waals surface area (Å²) in [4.78, 5) is 36.4. The smallest absolute Gasteiger partial charge is 0.442 e. The third-order valence-corrected chi connectivity index (χ3v) is 5.36. The van der Waals surface area contributed by atoms with Crippen molar-refractivity contribution in [2.75, 3.05) is 11.9 Å². The first-order valence-corrected chi connectivity index (χ1v) is 10.2. The summed E-state index contributed by atoms with van der Waals surface area (Å²) in [6.45, 7) is 5.69. The number of aryl methyl sites for hydroxylation is 1. The van der Waals surface area contributed by atoms with Gasteiger partial charge in [-0.2, -0.15) is 0 Å². The lowest BCUT2D eigenvalue weighted by Gasteiger charge is -2.10. The first-order chi connectivity index (χ1) is 14.4. The number of H-pyrrole nitrogens is 1. The predicted octanol–water partition coefficient (Wildman–Crippen LogP) is 2.85. The van der Waals surface area contributed by atoms with E-state index in [2.05, 4.69) is 10.6 Å². The van der Waals surface area contributed by atoms with Crippen LogP contribution in [-0.2, 0) is 9.53 Å². The lowest BCUT2D eigenvalue weighted by atomic mass is 10.2. The van der Waals surface area contributed by atoms with Crippen LogP contribution in [0.2, 0.25) is 0 Å².